The molecule has 1 aliphatic heterocycles. The van der Waals surface area contributed by atoms with Gasteiger partial charge in [0.1, 0.15) is 5.75 Å². The lowest BCUT2D eigenvalue weighted by molar-refractivity contribution is 0.357. The molecular weight excluding hydrogens is 314 g/mol. The van der Waals surface area contributed by atoms with Crippen LogP contribution in [-0.4, -0.2) is 13.2 Å². The maximum atomic E-state index is 5.54. The summed E-state index contributed by atoms with van der Waals surface area (Å²) in [6.07, 6.45) is 2.07. The first-order valence-corrected chi connectivity index (χ1v) is 7.76. The Morgan fingerprint density at radius 2 is 2.10 bits per heavy atom. The average molecular weight is 332 g/mol. The zero-order valence-electron chi connectivity index (χ0n) is 11.6. The van der Waals surface area contributed by atoms with Crippen LogP contribution in [0, 0.1) is 6.92 Å². The number of hydrogen-bond donors (Lipinski definition) is 1. The molecule has 104 valence electrons. The summed E-state index contributed by atoms with van der Waals surface area (Å²) in [6.45, 7) is 3.90. The molecule has 0 aliphatic carbocycles. The van der Waals surface area contributed by atoms with E-state index in [4.69, 9.17) is 4.74 Å². The summed E-state index contributed by atoms with van der Waals surface area (Å²) in [5, 5.41) is 3.51. The Bertz CT molecular complexity index is 624. The maximum Gasteiger partial charge on any atom is 0.122 e. The van der Waals surface area contributed by atoms with E-state index in [-0.39, 0.29) is 0 Å². The van der Waals surface area contributed by atoms with Crippen LogP contribution in [0.1, 0.15) is 16.7 Å². The molecule has 0 spiro atoms. The summed E-state index contributed by atoms with van der Waals surface area (Å²) in [6, 6.07) is 12.9. The lowest BCUT2D eigenvalue weighted by Gasteiger charge is -2.10. The van der Waals surface area contributed by atoms with Gasteiger partial charge in [-0.1, -0.05) is 34.1 Å². The molecule has 1 heterocycles. The van der Waals surface area contributed by atoms with E-state index in [1.807, 2.05) is 0 Å². The van der Waals surface area contributed by atoms with Gasteiger partial charge >= 0.3 is 0 Å². The topological polar surface area (TPSA) is 21.3 Å². The van der Waals surface area contributed by atoms with Gasteiger partial charge in [0.05, 0.1) is 6.61 Å². The zero-order chi connectivity index (χ0) is 13.9. The molecule has 0 amide bonds. The smallest absolute Gasteiger partial charge is 0.122 e. The highest BCUT2D eigenvalue weighted by Crippen LogP contribution is 2.26. The van der Waals surface area contributed by atoms with Gasteiger partial charge in [0.15, 0.2) is 0 Å². The van der Waals surface area contributed by atoms with Crippen molar-refractivity contribution in [1.29, 1.82) is 0 Å². The van der Waals surface area contributed by atoms with Gasteiger partial charge in [-0.3, -0.25) is 0 Å². The fourth-order valence-corrected chi connectivity index (χ4v) is 2.88. The average Bonchev–Trinajstić information content (AvgIpc) is 2.90. The number of aryl methyl sites for hydroxylation is 1. The molecule has 0 radical (unpaired) electrons. The van der Waals surface area contributed by atoms with Crippen molar-refractivity contribution in [1.82, 2.24) is 0 Å². The van der Waals surface area contributed by atoms with Gasteiger partial charge < -0.3 is 10.1 Å². The minimum absolute atomic E-state index is 0.828. The summed E-state index contributed by atoms with van der Waals surface area (Å²) < 4.78 is 6.65. The van der Waals surface area contributed by atoms with Crippen molar-refractivity contribution in [3.05, 3.63) is 57.6 Å². The van der Waals surface area contributed by atoms with Crippen molar-refractivity contribution < 1.29 is 4.74 Å². The third kappa shape index (κ3) is 2.98. The van der Waals surface area contributed by atoms with Crippen LogP contribution in [0.4, 0.5) is 5.69 Å². The fraction of sp³-hybridized carbons (Fsp3) is 0.294. The number of halogens is 1. The molecule has 0 atom stereocenters. The lowest BCUT2D eigenvalue weighted by atomic mass is 10.1. The third-order valence-corrected chi connectivity index (χ3v) is 4.18. The number of hydrogen-bond acceptors (Lipinski definition) is 2. The monoisotopic (exact) mass is 331 g/mol. The number of fused-ring (bicyclic) bond motifs is 1. The number of anilines is 1. The van der Waals surface area contributed by atoms with Gasteiger partial charge in [-0.2, -0.15) is 0 Å². The lowest BCUT2D eigenvalue weighted by Crippen LogP contribution is -2.06. The Kier molecular flexibility index (Phi) is 3.97. The number of rotatable bonds is 4. The minimum atomic E-state index is 0.828. The SMILES string of the molecule is Cc1ccc(Br)cc1NCCc1ccc2c(c1)CCO2. The highest BCUT2D eigenvalue weighted by Gasteiger charge is 2.11. The molecule has 20 heavy (non-hydrogen) atoms. The van der Waals surface area contributed by atoms with Crippen LogP contribution in [0.2, 0.25) is 0 Å². The van der Waals surface area contributed by atoms with E-state index < -0.39 is 0 Å². The molecule has 0 aromatic heterocycles. The summed E-state index contributed by atoms with van der Waals surface area (Å²) in [5.41, 5.74) is 5.19. The first kappa shape index (κ1) is 13.5. The summed E-state index contributed by atoms with van der Waals surface area (Å²) >= 11 is 3.51. The third-order valence-electron chi connectivity index (χ3n) is 3.68. The standard InChI is InChI=1S/C17H18BrNO/c1-12-2-4-15(18)11-16(12)19-8-6-13-3-5-17-14(10-13)7-9-20-17/h2-5,10-11,19H,6-9H2,1H3. The molecule has 0 saturated heterocycles. The molecule has 2 aromatic carbocycles. The number of nitrogens with one attached hydrogen (secondary N) is 1. The van der Waals surface area contributed by atoms with Crippen LogP contribution >= 0.6 is 15.9 Å². The molecular formula is C17H18BrNO. The van der Waals surface area contributed by atoms with Crippen molar-refractivity contribution in [2.45, 2.75) is 19.8 Å². The van der Waals surface area contributed by atoms with Crippen LogP contribution in [0.25, 0.3) is 0 Å². The van der Waals surface area contributed by atoms with E-state index in [1.165, 1.54) is 22.4 Å². The normalized spacial score (nSPS) is 12.9. The van der Waals surface area contributed by atoms with Gasteiger partial charge in [0.25, 0.3) is 0 Å². The molecule has 3 rings (SSSR count). The number of benzene rings is 2. The van der Waals surface area contributed by atoms with Crippen molar-refractivity contribution in [2.24, 2.45) is 0 Å². The Hall–Kier alpha value is -1.48. The second kappa shape index (κ2) is 5.88. The van der Waals surface area contributed by atoms with Crippen molar-refractivity contribution in [3.63, 3.8) is 0 Å². The molecule has 0 saturated carbocycles. The fourth-order valence-electron chi connectivity index (χ4n) is 2.52. The quantitative estimate of drug-likeness (QED) is 0.899. The first-order valence-electron chi connectivity index (χ1n) is 6.97. The molecule has 0 unspecified atom stereocenters. The number of ether oxygens (including phenoxy) is 1. The van der Waals surface area contributed by atoms with E-state index in [0.717, 1.165) is 36.2 Å². The first-order chi connectivity index (χ1) is 9.72. The molecule has 0 bridgehead atoms. The van der Waals surface area contributed by atoms with Crippen molar-refractivity contribution >= 4 is 21.6 Å². The Labute approximate surface area is 128 Å². The second-order valence-electron chi connectivity index (χ2n) is 5.18. The van der Waals surface area contributed by atoms with Crippen molar-refractivity contribution in [2.75, 3.05) is 18.5 Å². The Morgan fingerprint density at radius 1 is 1.20 bits per heavy atom. The Morgan fingerprint density at radius 3 is 3.00 bits per heavy atom. The van der Waals surface area contributed by atoms with Crippen LogP contribution in [0.5, 0.6) is 5.75 Å². The zero-order valence-corrected chi connectivity index (χ0v) is 13.2. The van der Waals surface area contributed by atoms with Gasteiger partial charge in [-0.25, -0.2) is 0 Å². The second-order valence-corrected chi connectivity index (χ2v) is 6.09. The van der Waals surface area contributed by atoms with Gasteiger partial charge in [-0.05, 0) is 48.2 Å². The van der Waals surface area contributed by atoms with Crippen LogP contribution in [-0.2, 0) is 12.8 Å². The van der Waals surface area contributed by atoms with E-state index in [2.05, 4.69) is 64.6 Å². The minimum Gasteiger partial charge on any atom is -0.493 e. The van der Waals surface area contributed by atoms with Crippen molar-refractivity contribution in [3.8, 4) is 5.75 Å². The van der Waals surface area contributed by atoms with Crippen LogP contribution < -0.4 is 10.1 Å². The van der Waals surface area contributed by atoms with Crippen LogP contribution in [0.15, 0.2) is 40.9 Å². The molecule has 1 aliphatic rings. The van der Waals surface area contributed by atoms with Gasteiger partial charge in [-0.15, -0.1) is 0 Å². The Balaban J connectivity index is 1.61. The molecule has 2 nitrogen and oxygen atoms in total. The predicted molar refractivity (Wildman–Crippen MR) is 86.7 cm³/mol. The molecule has 0 fully saturated rings. The molecule has 1 N–H and O–H groups in total. The molecule has 3 heteroatoms. The van der Waals surface area contributed by atoms with Gasteiger partial charge in [0.2, 0.25) is 0 Å². The molecule has 2 aromatic rings. The van der Waals surface area contributed by atoms with E-state index in [9.17, 15) is 0 Å². The predicted octanol–water partition coefficient (Wildman–Crippen LogP) is 4.35. The van der Waals surface area contributed by atoms with E-state index >= 15 is 0 Å². The van der Waals surface area contributed by atoms with E-state index in [0.29, 0.717) is 0 Å². The summed E-state index contributed by atoms with van der Waals surface area (Å²) in [4.78, 5) is 0. The summed E-state index contributed by atoms with van der Waals surface area (Å²) in [5.74, 6) is 1.06. The highest BCUT2D eigenvalue weighted by atomic mass is 79.9. The largest absolute Gasteiger partial charge is 0.493 e. The van der Waals surface area contributed by atoms with Crippen LogP contribution in [0.3, 0.4) is 0 Å². The van der Waals surface area contributed by atoms with Gasteiger partial charge in [0, 0.05) is 23.1 Å². The van der Waals surface area contributed by atoms with E-state index in [1.54, 1.807) is 0 Å². The maximum absolute atomic E-state index is 5.54. The summed E-state index contributed by atoms with van der Waals surface area (Å²) in [7, 11) is 0. The highest BCUT2D eigenvalue weighted by molar-refractivity contribution is 9.10.